The van der Waals surface area contributed by atoms with Crippen molar-refractivity contribution in [1.82, 2.24) is 25.0 Å². The first kappa shape index (κ1) is 13.3. The first-order valence-electron chi connectivity index (χ1n) is 7.42. The molecule has 4 rings (SSSR count). The minimum absolute atomic E-state index is 0.469. The molecule has 0 aliphatic carbocycles. The van der Waals surface area contributed by atoms with Gasteiger partial charge in [0.15, 0.2) is 0 Å². The number of para-hydroxylation sites is 2. The van der Waals surface area contributed by atoms with E-state index in [-0.39, 0.29) is 0 Å². The molecule has 7 heteroatoms. The second kappa shape index (κ2) is 4.81. The Morgan fingerprint density at radius 3 is 2.95 bits per heavy atom. The number of nitrogens with one attached hydrogen (secondary N) is 1. The molecular formula is C15H18N6O. The number of aromatic nitrogens is 5. The van der Waals surface area contributed by atoms with Gasteiger partial charge in [-0.25, -0.2) is 4.98 Å². The van der Waals surface area contributed by atoms with E-state index in [0.29, 0.717) is 18.7 Å². The number of benzene rings is 1. The number of fused-ring (bicyclic) bond motifs is 1. The van der Waals surface area contributed by atoms with Crippen molar-refractivity contribution in [3.63, 3.8) is 0 Å². The van der Waals surface area contributed by atoms with E-state index in [1.54, 1.807) is 6.20 Å². The Labute approximate surface area is 127 Å². The summed E-state index contributed by atoms with van der Waals surface area (Å²) in [4.78, 5) is 6.84. The predicted octanol–water partition coefficient (Wildman–Crippen LogP) is 1.18. The van der Waals surface area contributed by atoms with Crippen molar-refractivity contribution in [2.45, 2.75) is 18.4 Å². The summed E-state index contributed by atoms with van der Waals surface area (Å²) in [6.07, 6.45) is 3.16. The number of aliphatic hydroxyl groups is 1. The van der Waals surface area contributed by atoms with Gasteiger partial charge in [0, 0.05) is 13.6 Å². The molecule has 0 bridgehead atoms. The summed E-state index contributed by atoms with van der Waals surface area (Å²) in [5.41, 5.74) is 1.67. The number of rotatable bonds is 2. The molecule has 0 amide bonds. The topological polar surface area (TPSA) is 82.9 Å². The van der Waals surface area contributed by atoms with Crippen LogP contribution in [0.25, 0.3) is 11.0 Å². The van der Waals surface area contributed by atoms with Gasteiger partial charge in [0.1, 0.15) is 11.3 Å². The number of aryl methyl sites for hydroxylation is 1. The summed E-state index contributed by atoms with van der Waals surface area (Å²) in [5.74, 6) is 0.878. The van der Waals surface area contributed by atoms with Crippen LogP contribution < -0.4 is 4.90 Å². The summed E-state index contributed by atoms with van der Waals surface area (Å²) in [6, 6.07) is 8.06. The molecule has 1 aromatic carbocycles. The minimum Gasteiger partial charge on any atom is -0.382 e. The number of nitrogens with zero attached hydrogens (tertiary/aromatic N) is 5. The maximum Gasteiger partial charge on any atom is 0.206 e. The SMILES string of the molecule is Cn1c(N2CCCC(O)(c3cn[nH]n3)C2)nc2ccccc21. The number of anilines is 1. The summed E-state index contributed by atoms with van der Waals surface area (Å²) in [6.45, 7) is 1.34. The van der Waals surface area contributed by atoms with Gasteiger partial charge >= 0.3 is 0 Å². The Kier molecular flexibility index (Phi) is 2.90. The summed E-state index contributed by atoms with van der Waals surface area (Å²) < 4.78 is 2.07. The highest BCUT2D eigenvalue weighted by Gasteiger charge is 2.38. The second-order valence-corrected chi connectivity index (χ2v) is 5.87. The predicted molar refractivity (Wildman–Crippen MR) is 82.4 cm³/mol. The lowest BCUT2D eigenvalue weighted by molar-refractivity contribution is 0.0171. The van der Waals surface area contributed by atoms with Crippen molar-refractivity contribution in [2.75, 3.05) is 18.0 Å². The summed E-state index contributed by atoms with van der Waals surface area (Å²) >= 11 is 0. The van der Waals surface area contributed by atoms with E-state index in [2.05, 4.69) is 30.9 Å². The number of hydrogen-bond acceptors (Lipinski definition) is 5. The zero-order valence-corrected chi connectivity index (χ0v) is 12.4. The number of imidazole rings is 1. The Morgan fingerprint density at radius 1 is 1.32 bits per heavy atom. The van der Waals surface area contributed by atoms with Crippen LogP contribution in [0.5, 0.6) is 0 Å². The van der Waals surface area contributed by atoms with E-state index in [0.717, 1.165) is 29.9 Å². The average Bonchev–Trinajstić information content (AvgIpc) is 3.17. The van der Waals surface area contributed by atoms with Crippen molar-refractivity contribution in [3.8, 4) is 0 Å². The highest BCUT2D eigenvalue weighted by atomic mass is 16.3. The first-order chi connectivity index (χ1) is 10.7. The average molecular weight is 298 g/mol. The molecule has 3 heterocycles. The van der Waals surface area contributed by atoms with Crippen LogP contribution in [0.3, 0.4) is 0 Å². The molecule has 0 saturated carbocycles. The van der Waals surface area contributed by atoms with E-state index in [9.17, 15) is 5.11 Å². The van der Waals surface area contributed by atoms with Crippen LogP contribution >= 0.6 is 0 Å². The lowest BCUT2D eigenvalue weighted by Gasteiger charge is -2.38. The number of piperidine rings is 1. The second-order valence-electron chi connectivity index (χ2n) is 5.87. The van der Waals surface area contributed by atoms with Gasteiger partial charge in [0.2, 0.25) is 5.95 Å². The monoisotopic (exact) mass is 298 g/mol. The highest BCUT2D eigenvalue weighted by Crippen LogP contribution is 2.32. The van der Waals surface area contributed by atoms with E-state index in [1.807, 2.05) is 25.2 Å². The fourth-order valence-electron chi connectivity index (χ4n) is 3.26. The van der Waals surface area contributed by atoms with Gasteiger partial charge in [-0.1, -0.05) is 12.1 Å². The third-order valence-electron chi connectivity index (χ3n) is 4.41. The van der Waals surface area contributed by atoms with Crippen LogP contribution in [0.15, 0.2) is 30.5 Å². The molecular weight excluding hydrogens is 280 g/mol. The molecule has 7 nitrogen and oxygen atoms in total. The Hall–Kier alpha value is -2.41. The number of hydrogen-bond donors (Lipinski definition) is 2. The van der Waals surface area contributed by atoms with Gasteiger partial charge in [-0.05, 0) is 25.0 Å². The van der Waals surface area contributed by atoms with E-state index >= 15 is 0 Å². The maximum atomic E-state index is 10.9. The van der Waals surface area contributed by atoms with Gasteiger partial charge < -0.3 is 14.6 Å². The third-order valence-corrected chi connectivity index (χ3v) is 4.41. The zero-order chi connectivity index (χ0) is 15.2. The summed E-state index contributed by atoms with van der Waals surface area (Å²) in [7, 11) is 2.01. The van der Waals surface area contributed by atoms with Gasteiger partial charge in [-0.3, -0.25) is 0 Å². The van der Waals surface area contributed by atoms with Crippen LogP contribution in [-0.4, -0.2) is 43.2 Å². The van der Waals surface area contributed by atoms with Crippen molar-refractivity contribution >= 4 is 17.0 Å². The molecule has 114 valence electrons. The van der Waals surface area contributed by atoms with Crippen LogP contribution in [0.2, 0.25) is 0 Å². The molecule has 0 radical (unpaired) electrons. The van der Waals surface area contributed by atoms with E-state index in [1.165, 1.54) is 0 Å². The maximum absolute atomic E-state index is 10.9. The van der Waals surface area contributed by atoms with Crippen LogP contribution in [0.4, 0.5) is 5.95 Å². The molecule has 1 atom stereocenters. The summed E-state index contributed by atoms with van der Waals surface area (Å²) in [5, 5.41) is 21.4. The van der Waals surface area contributed by atoms with Crippen LogP contribution in [0.1, 0.15) is 18.5 Å². The molecule has 2 N–H and O–H groups in total. The van der Waals surface area contributed by atoms with Gasteiger partial charge in [-0.2, -0.15) is 15.4 Å². The first-order valence-corrected chi connectivity index (χ1v) is 7.42. The van der Waals surface area contributed by atoms with E-state index in [4.69, 9.17) is 4.98 Å². The lowest BCUT2D eigenvalue weighted by Crippen LogP contribution is -2.47. The largest absolute Gasteiger partial charge is 0.382 e. The number of β-amino-alcohol motifs (C(OH)–C–C–N with tert-alkyl or cyclic N) is 1. The molecule has 0 spiro atoms. The Morgan fingerprint density at radius 2 is 2.18 bits per heavy atom. The van der Waals surface area contributed by atoms with Crippen LogP contribution in [0, 0.1) is 0 Å². The standard InChI is InChI=1S/C15H18N6O/c1-20-12-6-3-2-5-11(12)17-14(20)21-8-4-7-15(22,10-21)13-9-16-19-18-13/h2-3,5-6,9,22H,4,7-8,10H2,1H3,(H,16,18,19). The normalized spacial score (nSPS) is 22.4. The smallest absolute Gasteiger partial charge is 0.206 e. The van der Waals surface area contributed by atoms with Crippen molar-refractivity contribution in [3.05, 3.63) is 36.2 Å². The number of aromatic amines is 1. The Bertz CT molecular complexity index is 796. The highest BCUT2D eigenvalue weighted by molar-refractivity contribution is 5.78. The molecule has 1 aliphatic rings. The van der Waals surface area contributed by atoms with Crippen molar-refractivity contribution in [2.24, 2.45) is 7.05 Å². The molecule has 1 saturated heterocycles. The van der Waals surface area contributed by atoms with Crippen molar-refractivity contribution in [1.29, 1.82) is 0 Å². The quantitative estimate of drug-likeness (QED) is 0.742. The fourth-order valence-corrected chi connectivity index (χ4v) is 3.26. The van der Waals surface area contributed by atoms with Gasteiger partial charge in [-0.15, -0.1) is 0 Å². The molecule has 22 heavy (non-hydrogen) atoms. The molecule has 2 aromatic heterocycles. The third kappa shape index (κ3) is 1.97. The van der Waals surface area contributed by atoms with Crippen molar-refractivity contribution < 1.29 is 5.11 Å². The fraction of sp³-hybridized carbons (Fsp3) is 0.400. The van der Waals surface area contributed by atoms with E-state index < -0.39 is 5.60 Å². The van der Waals surface area contributed by atoms with Gasteiger partial charge in [0.05, 0.1) is 23.8 Å². The molecule has 1 fully saturated rings. The van der Waals surface area contributed by atoms with Crippen LogP contribution in [-0.2, 0) is 12.6 Å². The molecule has 1 aliphatic heterocycles. The Balaban J connectivity index is 1.71. The minimum atomic E-state index is -0.983. The lowest BCUT2D eigenvalue weighted by atomic mass is 9.90. The molecule has 1 unspecified atom stereocenters. The number of H-pyrrole nitrogens is 1. The zero-order valence-electron chi connectivity index (χ0n) is 12.4. The molecule has 3 aromatic rings. The van der Waals surface area contributed by atoms with Gasteiger partial charge in [0.25, 0.3) is 0 Å².